The van der Waals surface area contributed by atoms with Crippen LogP contribution < -0.4 is 9.47 Å². The van der Waals surface area contributed by atoms with Gasteiger partial charge < -0.3 is 9.47 Å². The van der Waals surface area contributed by atoms with Crippen LogP contribution in [0.25, 0.3) is 0 Å². The monoisotopic (exact) mass is 173 g/mol. The summed E-state index contributed by atoms with van der Waals surface area (Å²) in [5.41, 5.74) is 0. The lowest BCUT2D eigenvalue weighted by atomic mass is 10.4. The van der Waals surface area contributed by atoms with Gasteiger partial charge in [-0.3, -0.25) is 0 Å². The van der Waals surface area contributed by atoms with Crippen LogP contribution in [0, 0.1) is 0 Å². The Morgan fingerprint density at radius 2 is 2.00 bits per heavy atom. The van der Waals surface area contributed by atoms with Crippen molar-refractivity contribution in [3.63, 3.8) is 0 Å². The van der Waals surface area contributed by atoms with Gasteiger partial charge in [0.05, 0.1) is 0 Å². The van der Waals surface area contributed by atoms with Crippen molar-refractivity contribution in [3.8, 4) is 11.6 Å². The molecule has 64 valence electrons. The number of pyridine rings is 1. The van der Waals surface area contributed by atoms with E-state index in [2.05, 4.69) is 14.5 Å². The maximum Gasteiger partial charge on any atom is 0.306 e. The Hall–Kier alpha value is -1.39. The van der Waals surface area contributed by atoms with E-state index in [1.165, 1.54) is 12.3 Å². The lowest BCUT2D eigenvalue weighted by molar-refractivity contribution is -0.122. The Labute approximate surface area is 66.9 Å². The van der Waals surface area contributed by atoms with Crippen molar-refractivity contribution < 1.29 is 18.3 Å². The predicted molar refractivity (Wildman–Crippen MR) is 35.3 cm³/mol. The van der Waals surface area contributed by atoms with Crippen molar-refractivity contribution in [2.45, 2.75) is 12.7 Å². The quantitative estimate of drug-likeness (QED) is 0.594. The third-order valence-electron chi connectivity index (χ3n) is 1.41. The van der Waals surface area contributed by atoms with Crippen LogP contribution in [0.2, 0.25) is 0 Å². The highest BCUT2D eigenvalue weighted by molar-refractivity contribution is 5.33. The molecule has 0 saturated carbocycles. The zero-order valence-electron chi connectivity index (χ0n) is 5.91. The summed E-state index contributed by atoms with van der Waals surface area (Å²) in [5, 5.41) is 0. The molecule has 0 spiro atoms. The van der Waals surface area contributed by atoms with Gasteiger partial charge in [0, 0.05) is 6.20 Å². The van der Waals surface area contributed by atoms with Gasteiger partial charge in [0.1, 0.15) is 0 Å². The lowest BCUT2D eigenvalue weighted by Gasteiger charge is -2.22. The molecule has 2 unspecified atom stereocenters. The summed E-state index contributed by atoms with van der Waals surface area (Å²) in [6.07, 6.45) is -2.75. The molecular formula is C7H5F2NO2. The Kier molecular flexibility index (Phi) is 1.56. The number of hydrogen-bond donors (Lipinski definition) is 0. The van der Waals surface area contributed by atoms with Crippen LogP contribution in [0.4, 0.5) is 8.78 Å². The van der Waals surface area contributed by atoms with E-state index in [1.807, 2.05) is 0 Å². The molecule has 0 N–H and O–H groups in total. The molecule has 0 aromatic carbocycles. The first-order valence-electron chi connectivity index (χ1n) is 3.34. The topological polar surface area (TPSA) is 31.4 Å². The lowest BCUT2D eigenvalue weighted by Crippen LogP contribution is -2.33. The van der Waals surface area contributed by atoms with Crippen molar-refractivity contribution in [3.05, 3.63) is 18.3 Å². The molecule has 1 aliphatic rings. The van der Waals surface area contributed by atoms with E-state index in [0.717, 1.165) is 0 Å². The van der Waals surface area contributed by atoms with Gasteiger partial charge in [0.25, 0.3) is 5.88 Å². The molecule has 0 aliphatic carbocycles. The van der Waals surface area contributed by atoms with Crippen LogP contribution in [0.1, 0.15) is 0 Å². The fourth-order valence-corrected chi connectivity index (χ4v) is 0.889. The highest BCUT2D eigenvalue weighted by Crippen LogP contribution is 2.31. The molecular weight excluding hydrogens is 168 g/mol. The Bertz CT molecular complexity index is 265. The van der Waals surface area contributed by atoms with Crippen LogP contribution in [0.15, 0.2) is 18.3 Å². The Morgan fingerprint density at radius 3 is 2.83 bits per heavy atom. The predicted octanol–water partition coefficient (Wildman–Crippen LogP) is 1.44. The highest BCUT2D eigenvalue weighted by Gasteiger charge is 2.31. The van der Waals surface area contributed by atoms with Crippen molar-refractivity contribution >= 4 is 0 Å². The number of halogens is 2. The molecule has 2 atom stereocenters. The summed E-state index contributed by atoms with van der Waals surface area (Å²) in [7, 11) is 0. The van der Waals surface area contributed by atoms with Crippen molar-refractivity contribution in [2.75, 3.05) is 0 Å². The zero-order valence-corrected chi connectivity index (χ0v) is 5.91. The summed E-state index contributed by atoms with van der Waals surface area (Å²) in [5.74, 6) is 0.109. The van der Waals surface area contributed by atoms with Gasteiger partial charge >= 0.3 is 12.7 Å². The Balaban J connectivity index is 2.34. The van der Waals surface area contributed by atoms with Crippen LogP contribution in [-0.2, 0) is 0 Å². The second kappa shape index (κ2) is 2.58. The van der Waals surface area contributed by atoms with E-state index in [1.54, 1.807) is 6.07 Å². The third-order valence-corrected chi connectivity index (χ3v) is 1.41. The first-order chi connectivity index (χ1) is 5.77. The van der Waals surface area contributed by atoms with E-state index in [0.29, 0.717) is 0 Å². The highest BCUT2D eigenvalue weighted by atomic mass is 19.2. The van der Waals surface area contributed by atoms with Crippen molar-refractivity contribution in [2.24, 2.45) is 0 Å². The SMILES string of the molecule is FC1Oc2cccnc2OC1F. The second-order valence-corrected chi connectivity index (χ2v) is 2.24. The summed E-state index contributed by atoms with van der Waals surface area (Å²) in [6, 6.07) is 3.01. The zero-order chi connectivity index (χ0) is 8.55. The van der Waals surface area contributed by atoms with Crippen molar-refractivity contribution in [1.29, 1.82) is 0 Å². The van der Waals surface area contributed by atoms with Gasteiger partial charge in [-0.15, -0.1) is 0 Å². The van der Waals surface area contributed by atoms with Gasteiger partial charge in [-0.2, -0.15) is 8.78 Å². The fraction of sp³-hybridized carbons (Fsp3) is 0.286. The van der Waals surface area contributed by atoms with Crippen LogP contribution in [-0.4, -0.2) is 17.7 Å². The molecule has 0 fully saturated rings. The number of rotatable bonds is 0. The first-order valence-corrected chi connectivity index (χ1v) is 3.34. The molecule has 2 heterocycles. The molecule has 0 saturated heterocycles. The minimum absolute atomic E-state index is 0.0149. The number of alkyl halides is 2. The average Bonchev–Trinajstić information content (AvgIpc) is 2.07. The Morgan fingerprint density at radius 1 is 1.25 bits per heavy atom. The van der Waals surface area contributed by atoms with Gasteiger partial charge in [-0.1, -0.05) is 0 Å². The number of ether oxygens (including phenoxy) is 2. The molecule has 0 amide bonds. The molecule has 1 aromatic heterocycles. The number of hydrogen-bond acceptors (Lipinski definition) is 3. The molecule has 1 aliphatic heterocycles. The van der Waals surface area contributed by atoms with Gasteiger partial charge in [0.2, 0.25) is 0 Å². The normalized spacial score (nSPS) is 26.8. The van der Waals surface area contributed by atoms with Gasteiger partial charge in [-0.25, -0.2) is 4.98 Å². The van der Waals surface area contributed by atoms with Crippen LogP contribution in [0.5, 0.6) is 11.6 Å². The molecule has 3 nitrogen and oxygen atoms in total. The van der Waals surface area contributed by atoms with E-state index in [-0.39, 0.29) is 11.6 Å². The maximum absolute atomic E-state index is 12.5. The standard InChI is InChI=1S/C7H5F2NO2/c8-5-6(9)12-7-4(11-5)2-1-3-10-7/h1-3,5-6H. The van der Waals surface area contributed by atoms with E-state index in [4.69, 9.17) is 0 Å². The number of nitrogens with zero attached hydrogens (tertiary/aromatic N) is 1. The second-order valence-electron chi connectivity index (χ2n) is 2.24. The summed E-state index contributed by atoms with van der Waals surface area (Å²) in [6.45, 7) is 0. The minimum atomic E-state index is -2.09. The van der Waals surface area contributed by atoms with Gasteiger partial charge in [-0.05, 0) is 12.1 Å². The third kappa shape index (κ3) is 1.07. The van der Waals surface area contributed by atoms with Crippen LogP contribution in [0.3, 0.4) is 0 Å². The summed E-state index contributed by atoms with van der Waals surface area (Å²) < 4.78 is 34.0. The molecule has 2 rings (SSSR count). The van der Waals surface area contributed by atoms with E-state index in [9.17, 15) is 8.78 Å². The maximum atomic E-state index is 12.5. The summed E-state index contributed by atoms with van der Waals surface area (Å²) >= 11 is 0. The summed E-state index contributed by atoms with van der Waals surface area (Å²) in [4.78, 5) is 3.65. The fourth-order valence-electron chi connectivity index (χ4n) is 0.889. The molecule has 5 heteroatoms. The minimum Gasteiger partial charge on any atom is -0.448 e. The van der Waals surface area contributed by atoms with Crippen molar-refractivity contribution in [1.82, 2.24) is 4.98 Å². The van der Waals surface area contributed by atoms with E-state index < -0.39 is 12.7 Å². The number of fused-ring (bicyclic) bond motifs is 1. The average molecular weight is 173 g/mol. The number of aromatic nitrogens is 1. The van der Waals surface area contributed by atoms with Gasteiger partial charge in [0.15, 0.2) is 5.75 Å². The molecule has 12 heavy (non-hydrogen) atoms. The largest absolute Gasteiger partial charge is 0.448 e. The van der Waals surface area contributed by atoms with Crippen LogP contribution >= 0.6 is 0 Å². The van der Waals surface area contributed by atoms with E-state index >= 15 is 0 Å². The smallest absolute Gasteiger partial charge is 0.306 e. The molecule has 0 radical (unpaired) electrons. The molecule has 1 aromatic rings. The molecule has 0 bridgehead atoms. The first kappa shape index (κ1) is 7.27.